The Labute approximate surface area is 127 Å². The minimum absolute atomic E-state index is 0.00384. The Kier molecular flexibility index (Phi) is 4.91. The minimum Gasteiger partial charge on any atom is -0.480 e. The van der Waals surface area contributed by atoms with Crippen molar-refractivity contribution in [3.63, 3.8) is 0 Å². The van der Waals surface area contributed by atoms with Crippen molar-refractivity contribution < 1.29 is 14.7 Å². The summed E-state index contributed by atoms with van der Waals surface area (Å²) in [6, 6.07) is 0. The Morgan fingerprint density at radius 1 is 1.10 bits per heavy atom. The van der Waals surface area contributed by atoms with Gasteiger partial charge in [-0.15, -0.1) is 0 Å². The van der Waals surface area contributed by atoms with Crippen LogP contribution in [0.3, 0.4) is 0 Å². The van der Waals surface area contributed by atoms with Crippen LogP contribution >= 0.6 is 0 Å². The zero-order valence-electron chi connectivity index (χ0n) is 13.3. The lowest BCUT2D eigenvalue weighted by Gasteiger charge is -2.44. The largest absolute Gasteiger partial charge is 0.480 e. The van der Waals surface area contributed by atoms with Crippen molar-refractivity contribution in [2.75, 3.05) is 13.6 Å². The number of carbonyl (C=O) groups excluding carboxylic acids is 1. The molecule has 0 radical (unpaired) electrons. The molecular weight excluding hydrogens is 268 g/mol. The zero-order valence-corrected chi connectivity index (χ0v) is 13.3. The van der Waals surface area contributed by atoms with Gasteiger partial charge in [-0.05, 0) is 46.1 Å². The summed E-state index contributed by atoms with van der Waals surface area (Å²) >= 11 is 0. The quantitative estimate of drug-likeness (QED) is 0.834. The lowest BCUT2D eigenvalue weighted by molar-refractivity contribution is -0.161. The van der Waals surface area contributed by atoms with E-state index in [-0.39, 0.29) is 11.4 Å². The Morgan fingerprint density at radius 2 is 1.71 bits per heavy atom. The van der Waals surface area contributed by atoms with Crippen LogP contribution in [0.2, 0.25) is 0 Å². The first-order valence-electron chi connectivity index (χ1n) is 8.16. The van der Waals surface area contributed by atoms with E-state index in [1.54, 1.807) is 11.8 Å². The molecule has 2 rings (SSSR count). The molecule has 0 aromatic heterocycles. The van der Waals surface area contributed by atoms with Gasteiger partial charge in [0.2, 0.25) is 5.91 Å². The third kappa shape index (κ3) is 3.23. The minimum atomic E-state index is -1.03. The number of piperidine rings is 1. The SMILES string of the molecule is CNC1(CC(=O)N2CCCCC2(C)C(=O)O)CCCCC1. The first-order chi connectivity index (χ1) is 9.93. The Hall–Kier alpha value is -1.10. The van der Waals surface area contributed by atoms with Crippen molar-refractivity contribution in [1.82, 2.24) is 10.2 Å². The van der Waals surface area contributed by atoms with Crippen LogP contribution in [0, 0.1) is 0 Å². The van der Waals surface area contributed by atoms with Gasteiger partial charge in [0.1, 0.15) is 5.54 Å². The van der Waals surface area contributed by atoms with Crippen molar-refractivity contribution in [2.24, 2.45) is 0 Å². The molecule has 2 N–H and O–H groups in total. The highest BCUT2D eigenvalue weighted by Gasteiger charge is 2.45. The van der Waals surface area contributed by atoms with E-state index in [0.717, 1.165) is 38.5 Å². The normalized spacial score (nSPS) is 29.1. The van der Waals surface area contributed by atoms with E-state index < -0.39 is 11.5 Å². The predicted octanol–water partition coefficient (Wildman–Crippen LogP) is 2.15. The van der Waals surface area contributed by atoms with Crippen molar-refractivity contribution in [2.45, 2.75) is 75.8 Å². The summed E-state index contributed by atoms with van der Waals surface area (Å²) in [4.78, 5) is 26.0. The number of amides is 1. The molecule has 0 bridgehead atoms. The Balaban J connectivity index is 2.12. The number of likely N-dealkylation sites (tertiary alicyclic amines) is 1. The summed E-state index contributed by atoms with van der Waals surface area (Å²) in [6.07, 6.45) is 8.29. The van der Waals surface area contributed by atoms with Crippen molar-refractivity contribution in [3.05, 3.63) is 0 Å². The first-order valence-corrected chi connectivity index (χ1v) is 8.16. The maximum Gasteiger partial charge on any atom is 0.329 e. The third-order valence-corrected chi connectivity index (χ3v) is 5.48. The highest BCUT2D eigenvalue weighted by atomic mass is 16.4. The maximum absolute atomic E-state index is 12.8. The maximum atomic E-state index is 12.8. The number of carboxylic acid groups (broad SMARTS) is 1. The summed E-state index contributed by atoms with van der Waals surface area (Å²) in [7, 11) is 1.92. The molecule has 1 saturated heterocycles. The van der Waals surface area contributed by atoms with Gasteiger partial charge in [-0.2, -0.15) is 0 Å². The van der Waals surface area contributed by atoms with Gasteiger partial charge in [0.25, 0.3) is 0 Å². The summed E-state index contributed by atoms with van der Waals surface area (Å²) in [5.74, 6) is -0.881. The fourth-order valence-corrected chi connectivity index (χ4v) is 3.87. The number of hydrogen-bond donors (Lipinski definition) is 2. The molecule has 0 spiro atoms. The van der Waals surface area contributed by atoms with E-state index in [4.69, 9.17) is 0 Å². The van der Waals surface area contributed by atoms with Crippen LogP contribution in [0.1, 0.15) is 64.7 Å². The number of carbonyl (C=O) groups is 2. The van der Waals surface area contributed by atoms with E-state index in [9.17, 15) is 14.7 Å². The Morgan fingerprint density at radius 3 is 2.29 bits per heavy atom. The number of hydrogen-bond acceptors (Lipinski definition) is 3. The second kappa shape index (κ2) is 6.34. The van der Waals surface area contributed by atoms with Gasteiger partial charge in [-0.1, -0.05) is 19.3 Å². The lowest BCUT2D eigenvalue weighted by Crippen LogP contribution is -2.59. The van der Waals surface area contributed by atoms with E-state index in [1.807, 2.05) is 7.05 Å². The van der Waals surface area contributed by atoms with Crippen LogP contribution in [-0.2, 0) is 9.59 Å². The van der Waals surface area contributed by atoms with Gasteiger partial charge in [-0.25, -0.2) is 4.79 Å². The monoisotopic (exact) mass is 296 g/mol. The molecule has 1 aliphatic carbocycles. The number of rotatable bonds is 4. The second-order valence-electron chi connectivity index (χ2n) is 6.85. The van der Waals surface area contributed by atoms with Gasteiger partial charge in [0.05, 0.1) is 0 Å². The van der Waals surface area contributed by atoms with Crippen LogP contribution in [0.4, 0.5) is 0 Å². The van der Waals surface area contributed by atoms with Crippen molar-refractivity contribution in [3.8, 4) is 0 Å². The zero-order chi connectivity index (χ0) is 15.5. The number of aliphatic carboxylic acids is 1. The van der Waals surface area contributed by atoms with Gasteiger partial charge in [0.15, 0.2) is 0 Å². The summed E-state index contributed by atoms with van der Waals surface area (Å²) in [5.41, 5.74) is -1.16. The summed E-state index contributed by atoms with van der Waals surface area (Å²) < 4.78 is 0. The van der Waals surface area contributed by atoms with Crippen LogP contribution in [0.15, 0.2) is 0 Å². The molecule has 2 aliphatic rings. The molecule has 5 heteroatoms. The molecule has 120 valence electrons. The number of carboxylic acids is 1. The van der Waals surface area contributed by atoms with Crippen LogP contribution < -0.4 is 5.32 Å². The van der Waals surface area contributed by atoms with E-state index in [1.165, 1.54) is 6.42 Å². The molecule has 1 aliphatic heterocycles. The van der Waals surface area contributed by atoms with Crippen molar-refractivity contribution >= 4 is 11.9 Å². The number of nitrogens with one attached hydrogen (secondary N) is 1. The predicted molar refractivity (Wildman–Crippen MR) is 81.1 cm³/mol. The van der Waals surface area contributed by atoms with Crippen LogP contribution in [0.5, 0.6) is 0 Å². The van der Waals surface area contributed by atoms with Gasteiger partial charge >= 0.3 is 5.97 Å². The highest BCUT2D eigenvalue weighted by Crippen LogP contribution is 2.34. The molecule has 1 atom stereocenters. The highest BCUT2D eigenvalue weighted by molar-refractivity contribution is 5.87. The van der Waals surface area contributed by atoms with Crippen LogP contribution in [-0.4, -0.2) is 46.6 Å². The average molecular weight is 296 g/mol. The van der Waals surface area contributed by atoms with E-state index in [0.29, 0.717) is 19.4 Å². The molecule has 0 aromatic carbocycles. The topological polar surface area (TPSA) is 69.6 Å². The summed E-state index contributed by atoms with van der Waals surface area (Å²) in [5, 5.41) is 12.9. The third-order valence-electron chi connectivity index (χ3n) is 5.48. The van der Waals surface area contributed by atoms with E-state index >= 15 is 0 Å². The standard InChI is InChI=1S/C16H28N2O3/c1-15(14(20)21)8-6-7-11-18(15)13(19)12-16(17-2)9-4-3-5-10-16/h17H,3-12H2,1-2H3,(H,20,21). The molecular formula is C16H28N2O3. The molecule has 0 aromatic rings. The lowest BCUT2D eigenvalue weighted by atomic mass is 9.78. The Bertz CT molecular complexity index is 404. The summed E-state index contributed by atoms with van der Waals surface area (Å²) in [6.45, 7) is 2.26. The molecule has 1 unspecified atom stereocenters. The van der Waals surface area contributed by atoms with Gasteiger partial charge < -0.3 is 15.3 Å². The van der Waals surface area contributed by atoms with E-state index in [2.05, 4.69) is 5.32 Å². The molecule has 1 amide bonds. The molecule has 21 heavy (non-hydrogen) atoms. The molecule has 2 fully saturated rings. The second-order valence-corrected chi connectivity index (χ2v) is 6.85. The molecule has 1 heterocycles. The van der Waals surface area contributed by atoms with Crippen LogP contribution in [0.25, 0.3) is 0 Å². The molecule has 1 saturated carbocycles. The van der Waals surface area contributed by atoms with Gasteiger partial charge in [0, 0.05) is 18.5 Å². The first kappa shape index (κ1) is 16.3. The fraction of sp³-hybridized carbons (Fsp3) is 0.875. The van der Waals surface area contributed by atoms with Crippen molar-refractivity contribution in [1.29, 1.82) is 0 Å². The molecule has 5 nitrogen and oxygen atoms in total. The van der Waals surface area contributed by atoms with Gasteiger partial charge in [-0.3, -0.25) is 4.79 Å². The number of nitrogens with zero attached hydrogens (tertiary/aromatic N) is 1. The smallest absolute Gasteiger partial charge is 0.329 e. The fourth-order valence-electron chi connectivity index (χ4n) is 3.87. The average Bonchev–Trinajstić information content (AvgIpc) is 2.48.